The van der Waals surface area contributed by atoms with Crippen LogP contribution in [0.5, 0.6) is 5.75 Å². The van der Waals surface area contributed by atoms with Crippen LogP contribution in [0.4, 0.5) is 5.82 Å². The van der Waals surface area contributed by atoms with Crippen molar-refractivity contribution in [3.8, 4) is 28.4 Å². The third kappa shape index (κ3) is 3.71. The summed E-state index contributed by atoms with van der Waals surface area (Å²) in [5.74, 6) is 1.52. The van der Waals surface area contributed by atoms with Crippen molar-refractivity contribution in [2.24, 2.45) is 7.05 Å². The van der Waals surface area contributed by atoms with Crippen molar-refractivity contribution >= 4 is 11.5 Å². The van der Waals surface area contributed by atoms with Crippen LogP contribution in [-0.2, 0) is 13.6 Å². The smallest absolute Gasteiger partial charge is 0.140 e. The average molecular weight is 411 g/mol. The maximum absolute atomic E-state index is 5.27. The average Bonchev–Trinajstić information content (AvgIpc) is 3.44. The predicted octanol–water partition coefficient (Wildman–Crippen LogP) is 3.81. The second-order valence-corrected chi connectivity index (χ2v) is 7.17. The number of nitrogens with zero attached hydrogens (tertiary/aromatic N) is 6. The zero-order valence-corrected chi connectivity index (χ0v) is 17.2. The van der Waals surface area contributed by atoms with Gasteiger partial charge in [-0.2, -0.15) is 0 Å². The number of pyridine rings is 1. The molecule has 5 aromatic rings. The van der Waals surface area contributed by atoms with Crippen LogP contribution < -0.4 is 10.1 Å². The minimum atomic E-state index is 0.659. The van der Waals surface area contributed by atoms with Crippen LogP contribution in [0.2, 0.25) is 0 Å². The Labute approximate surface area is 179 Å². The minimum absolute atomic E-state index is 0.659. The van der Waals surface area contributed by atoms with Crippen LogP contribution in [0.3, 0.4) is 0 Å². The number of rotatable bonds is 6. The number of nitrogens with one attached hydrogen (secondary N) is 1. The van der Waals surface area contributed by atoms with E-state index in [2.05, 4.69) is 49.5 Å². The number of ether oxygens (including phenoxy) is 1. The molecular weight excluding hydrogens is 390 g/mol. The fourth-order valence-electron chi connectivity index (χ4n) is 3.49. The highest BCUT2D eigenvalue weighted by Gasteiger charge is 2.09. The number of aryl methyl sites for hydroxylation is 1. The van der Waals surface area contributed by atoms with Gasteiger partial charge in [-0.05, 0) is 17.2 Å². The lowest BCUT2D eigenvalue weighted by Gasteiger charge is -2.08. The molecule has 0 atom stereocenters. The molecule has 0 unspecified atom stereocenters. The highest BCUT2D eigenvalue weighted by molar-refractivity contribution is 5.63. The second-order valence-electron chi connectivity index (χ2n) is 7.17. The van der Waals surface area contributed by atoms with Crippen LogP contribution in [-0.4, -0.2) is 36.0 Å². The van der Waals surface area contributed by atoms with Gasteiger partial charge in [0, 0.05) is 31.9 Å². The Morgan fingerprint density at radius 1 is 0.968 bits per heavy atom. The Bertz CT molecular complexity index is 1340. The quantitative estimate of drug-likeness (QED) is 0.458. The van der Waals surface area contributed by atoms with E-state index < -0.39 is 0 Å². The molecule has 4 heterocycles. The lowest BCUT2D eigenvalue weighted by atomic mass is 10.1. The summed E-state index contributed by atoms with van der Waals surface area (Å²) in [6.45, 7) is 0.659. The van der Waals surface area contributed by atoms with Crippen LogP contribution in [0.25, 0.3) is 28.3 Å². The molecule has 0 aliphatic rings. The summed E-state index contributed by atoms with van der Waals surface area (Å²) in [6.07, 6.45) is 8.96. The maximum atomic E-state index is 5.27. The SMILES string of the molecule is COc1ccn2c(-c3cc(NCc4ccc(-c5cncn5C)cc4)ncn3)cnc2c1. The molecule has 154 valence electrons. The van der Waals surface area contributed by atoms with Gasteiger partial charge in [0.05, 0.1) is 42.9 Å². The van der Waals surface area contributed by atoms with Crippen LogP contribution in [0.1, 0.15) is 5.56 Å². The van der Waals surface area contributed by atoms with Gasteiger partial charge in [0.15, 0.2) is 0 Å². The summed E-state index contributed by atoms with van der Waals surface area (Å²) in [6, 6.07) is 14.1. The van der Waals surface area contributed by atoms with Crippen LogP contribution >= 0.6 is 0 Å². The van der Waals surface area contributed by atoms with Crippen molar-refractivity contribution in [2.75, 3.05) is 12.4 Å². The molecule has 8 nitrogen and oxygen atoms in total. The highest BCUT2D eigenvalue weighted by Crippen LogP contribution is 2.23. The van der Waals surface area contributed by atoms with Gasteiger partial charge in [0.2, 0.25) is 0 Å². The summed E-state index contributed by atoms with van der Waals surface area (Å²) in [5.41, 5.74) is 5.87. The van der Waals surface area contributed by atoms with Crippen molar-refractivity contribution in [1.29, 1.82) is 0 Å². The van der Waals surface area contributed by atoms with E-state index in [-0.39, 0.29) is 0 Å². The lowest BCUT2D eigenvalue weighted by molar-refractivity contribution is 0.414. The van der Waals surface area contributed by atoms with Crippen molar-refractivity contribution in [1.82, 2.24) is 28.9 Å². The van der Waals surface area contributed by atoms with Gasteiger partial charge in [0.1, 0.15) is 23.5 Å². The molecule has 0 aliphatic heterocycles. The minimum Gasteiger partial charge on any atom is -0.497 e. The first-order chi connectivity index (χ1) is 15.2. The molecule has 31 heavy (non-hydrogen) atoms. The van der Waals surface area contributed by atoms with Crippen LogP contribution in [0.15, 0.2) is 73.7 Å². The monoisotopic (exact) mass is 411 g/mol. The number of aromatic nitrogens is 6. The van der Waals surface area contributed by atoms with Gasteiger partial charge >= 0.3 is 0 Å². The Morgan fingerprint density at radius 2 is 1.84 bits per heavy atom. The van der Waals surface area contributed by atoms with E-state index in [0.717, 1.165) is 45.4 Å². The lowest BCUT2D eigenvalue weighted by Crippen LogP contribution is -2.02. The highest BCUT2D eigenvalue weighted by atomic mass is 16.5. The van der Waals surface area contributed by atoms with Gasteiger partial charge in [-0.1, -0.05) is 24.3 Å². The van der Waals surface area contributed by atoms with Crippen LogP contribution in [0, 0.1) is 0 Å². The summed E-state index contributed by atoms with van der Waals surface area (Å²) >= 11 is 0. The van der Waals surface area contributed by atoms with Crippen molar-refractivity contribution in [3.05, 3.63) is 79.3 Å². The molecule has 0 aliphatic carbocycles. The summed E-state index contributed by atoms with van der Waals surface area (Å²) in [7, 11) is 3.63. The molecular formula is C23H21N7O. The third-order valence-electron chi connectivity index (χ3n) is 5.19. The van der Waals surface area contributed by atoms with E-state index >= 15 is 0 Å². The zero-order chi connectivity index (χ0) is 21.2. The van der Waals surface area contributed by atoms with Gasteiger partial charge in [-0.15, -0.1) is 0 Å². The summed E-state index contributed by atoms with van der Waals surface area (Å²) in [4.78, 5) is 17.4. The van der Waals surface area contributed by atoms with Gasteiger partial charge in [-0.25, -0.2) is 19.9 Å². The molecule has 5 rings (SSSR count). The maximum Gasteiger partial charge on any atom is 0.140 e. The standard InChI is InChI=1S/C23H21N7O/c1-29-15-24-12-20(29)17-5-3-16(4-6-17)11-25-22-10-19(27-14-28-22)21-13-26-23-9-18(31-2)7-8-30(21)23/h3-10,12-15H,11H2,1-2H3,(H,25,27,28). The van der Waals surface area contributed by atoms with E-state index in [4.69, 9.17) is 4.74 Å². The molecule has 0 spiro atoms. The number of methoxy groups -OCH3 is 1. The van der Waals surface area contributed by atoms with Crippen molar-refractivity contribution in [2.45, 2.75) is 6.54 Å². The molecule has 0 bridgehead atoms. The zero-order valence-electron chi connectivity index (χ0n) is 17.2. The topological polar surface area (TPSA) is 82.2 Å². The van der Waals surface area contributed by atoms with E-state index in [9.17, 15) is 0 Å². The van der Waals surface area contributed by atoms with E-state index in [1.807, 2.05) is 46.6 Å². The fourth-order valence-corrected chi connectivity index (χ4v) is 3.49. The molecule has 0 amide bonds. The number of imidazole rings is 2. The first-order valence-corrected chi connectivity index (χ1v) is 9.84. The van der Waals surface area contributed by atoms with E-state index in [1.165, 1.54) is 0 Å². The molecule has 4 aromatic heterocycles. The first kappa shape index (κ1) is 18.8. The largest absolute Gasteiger partial charge is 0.497 e. The normalized spacial score (nSPS) is 11.0. The van der Waals surface area contributed by atoms with E-state index in [1.54, 1.807) is 26.0 Å². The number of fused-ring (bicyclic) bond motifs is 1. The molecule has 0 saturated heterocycles. The number of hydrogen-bond acceptors (Lipinski definition) is 6. The Morgan fingerprint density at radius 3 is 2.61 bits per heavy atom. The molecule has 8 heteroatoms. The van der Waals surface area contributed by atoms with E-state index in [0.29, 0.717) is 6.54 Å². The molecule has 1 N–H and O–H groups in total. The summed E-state index contributed by atoms with van der Waals surface area (Å²) in [5, 5.41) is 3.38. The van der Waals surface area contributed by atoms with Gasteiger partial charge in [0.25, 0.3) is 0 Å². The van der Waals surface area contributed by atoms with Gasteiger partial charge in [-0.3, -0.25) is 4.40 Å². The Kier molecular flexibility index (Phi) is 4.80. The molecule has 1 aromatic carbocycles. The van der Waals surface area contributed by atoms with Crippen molar-refractivity contribution < 1.29 is 4.74 Å². The van der Waals surface area contributed by atoms with Crippen molar-refractivity contribution in [3.63, 3.8) is 0 Å². The molecule has 0 fully saturated rings. The molecule has 0 saturated carbocycles. The summed E-state index contributed by atoms with van der Waals surface area (Å²) < 4.78 is 9.26. The third-order valence-corrected chi connectivity index (χ3v) is 5.19. The fraction of sp³-hybridized carbons (Fsp3) is 0.130. The molecule has 0 radical (unpaired) electrons. The number of anilines is 1. The Hall–Kier alpha value is -4.20. The second kappa shape index (κ2) is 7.91. The number of hydrogen-bond donors (Lipinski definition) is 1. The predicted molar refractivity (Wildman–Crippen MR) is 119 cm³/mol. The first-order valence-electron chi connectivity index (χ1n) is 9.84. The number of benzene rings is 1. The van der Waals surface area contributed by atoms with Gasteiger partial charge < -0.3 is 14.6 Å². The Balaban J connectivity index is 1.33.